The molecular formula is C31H30ClFN6O. The van der Waals surface area contributed by atoms with Crippen LogP contribution in [0, 0.1) is 18.7 Å². The number of pyridine rings is 1. The van der Waals surface area contributed by atoms with Crippen LogP contribution in [0.4, 0.5) is 10.2 Å². The van der Waals surface area contributed by atoms with E-state index in [-0.39, 0.29) is 27.9 Å². The van der Waals surface area contributed by atoms with E-state index in [0.717, 1.165) is 59.5 Å². The number of nitrogens with zero attached hydrogens (tertiary/aromatic N) is 5. The summed E-state index contributed by atoms with van der Waals surface area (Å²) < 4.78 is 19.2. The molecule has 5 heterocycles. The Morgan fingerprint density at radius 3 is 2.60 bits per heavy atom. The van der Waals surface area contributed by atoms with Crippen LogP contribution in [0.25, 0.3) is 43.8 Å². The quantitative estimate of drug-likeness (QED) is 0.305. The lowest BCUT2D eigenvalue weighted by molar-refractivity contribution is 0.222. The Labute approximate surface area is 236 Å². The smallest absolute Gasteiger partial charge is 0.158 e. The Morgan fingerprint density at radius 1 is 1.07 bits per heavy atom. The molecule has 4 fully saturated rings. The number of halogens is 2. The van der Waals surface area contributed by atoms with Crippen molar-refractivity contribution in [3.8, 4) is 16.9 Å². The van der Waals surface area contributed by atoms with Crippen LogP contribution in [0.2, 0.25) is 5.02 Å². The van der Waals surface area contributed by atoms with Gasteiger partial charge in [0, 0.05) is 42.7 Å². The number of likely N-dealkylation sites (N-methyl/N-ethyl adjacent to an activating group) is 1. The van der Waals surface area contributed by atoms with Gasteiger partial charge in [-0.2, -0.15) is 0 Å². The number of hydrogen-bond acceptors (Lipinski definition) is 6. The molecule has 2 bridgehead atoms. The zero-order valence-corrected chi connectivity index (χ0v) is 23.4. The third-order valence-electron chi connectivity index (χ3n) is 9.36. The molecule has 40 heavy (non-hydrogen) atoms. The first-order valence-electron chi connectivity index (χ1n) is 13.9. The van der Waals surface area contributed by atoms with E-state index in [1.165, 1.54) is 0 Å². The maximum absolute atomic E-state index is 16.9. The van der Waals surface area contributed by atoms with Crippen molar-refractivity contribution in [1.82, 2.24) is 24.8 Å². The molecule has 2 N–H and O–H groups in total. The molecule has 3 saturated heterocycles. The average molecular weight is 557 g/mol. The van der Waals surface area contributed by atoms with Crippen LogP contribution in [-0.2, 0) is 0 Å². The molecule has 3 aliphatic heterocycles. The van der Waals surface area contributed by atoms with Crippen molar-refractivity contribution in [3.63, 3.8) is 0 Å². The fraction of sp³-hybridized carbons (Fsp3) is 0.355. The van der Waals surface area contributed by atoms with Crippen molar-refractivity contribution in [2.75, 3.05) is 38.6 Å². The largest absolute Gasteiger partial charge is 0.508 e. The minimum Gasteiger partial charge on any atom is -0.508 e. The Balaban J connectivity index is 1.42. The molecule has 3 atom stereocenters. The molecule has 0 spiro atoms. The van der Waals surface area contributed by atoms with Gasteiger partial charge in [0.05, 0.1) is 16.6 Å². The summed E-state index contributed by atoms with van der Waals surface area (Å²) >= 11 is 6.94. The highest BCUT2D eigenvalue weighted by Gasteiger charge is 2.49. The van der Waals surface area contributed by atoms with Crippen LogP contribution in [0.3, 0.4) is 0 Å². The third-order valence-corrected chi connectivity index (χ3v) is 9.66. The topological polar surface area (TPSA) is 69.5 Å². The second-order valence-electron chi connectivity index (χ2n) is 11.8. The first kappa shape index (κ1) is 24.3. The van der Waals surface area contributed by atoms with Crippen LogP contribution in [-0.4, -0.2) is 70.4 Å². The Morgan fingerprint density at radius 2 is 1.88 bits per heavy atom. The second-order valence-corrected chi connectivity index (χ2v) is 12.3. The fourth-order valence-corrected chi connectivity index (χ4v) is 7.44. The van der Waals surface area contributed by atoms with Gasteiger partial charge in [0.15, 0.2) is 11.6 Å². The number of rotatable bonds is 4. The van der Waals surface area contributed by atoms with Crippen LogP contribution >= 0.6 is 11.6 Å². The number of aromatic nitrogens is 3. The molecule has 7 nitrogen and oxygen atoms in total. The van der Waals surface area contributed by atoms with E-state index in [1.54, 1.807) is 12.1 Å². The summed E-state index contributed by atoms with van der Waals surface area (Å²) in [6, 6.07) is 13.8. The summed E-state index contributed by atoms with van der Waals surface area (Å²) in [6.07, 6.45) is 1.15. The third kappa shape index (κ3) is 3.30. The maximum Gasteiger partial charge on any atom is 0.158 e. The van der Waals surface area contributed by atoms with E-state index in [0.29, 0.717) is 29.0 Å². The Kier molecular flexibility index (Phi) is 5.19. The van der Waals surface area contributed by atoms with E-state index >= 15 is 4.39 Å². The highest BCUT2D eigenvalue weighted by Crippen LogP contribution is 2.49. The van der Waals surface area contributed by atoms with Gasteiger partial charge < -0.3 is 24.8 Å². The van der Waals surface area contributed by atoms with Crippen molar-refractivity contribution in [1.29, 1.82) is 0 Å². The van der Waals surface area contributed by atoms with E-state index in [9.17, 15) is 5.11 Å². The van der Waals surface area contributed by atoms with Crippen molar-refractivity contribution in [3.05, 3.63) is 59.1 Å². The molecule has 1 saturated carbocycles. The summed E-state index contributed by atoms with van der Waals surface area (Å²) in [4.78, 5) is 14.4. The average Bonchev–Trinajstić information content (AvgIpc) is 3.60. The number of anilines is 1. The van der Waals surface area contributed by atoms with Gasteiger partial charge in [0.25, 0.3) is 0 Å². The summed E-state index contributed by atoms with van der Waals surface area (Å²) in [5.41, 5.74) is 2.79. The van der Waals surface area contributed by atoms with Gasteiger partial charge in [-0.25, -0.2) is 14.4 Å². The van der Waals surface area contributed by atoms with Crippen molar-refractivity contribution in [2.45, 2.75) is 31.5 Å². The van der Waals surface area contributed by atoms with E-state index in [1.807, 2.05) is 37.3 Å². The molecule has 3 aromatic carbocycles. The molecule has 1 aliphatic carbocycles. The highest BCUT2D eigenvalue weighted by atomic mass is 35.5. The van der Waals surface area contributed by atoms with E-state index < -0.39 is 5.82 Å². The van der Waals surface area contributed by atoms with Crippen molar-refractivity contribution in [2.24, 2.45) is 5.92 Å². The first-order chi connectivity index (χ1) is 19.3. The molecule has 4 aliphatic rings. The minimum atomic E-state index is -0.480. The molecule has 204 valence electrons. The maximum atomic E-state index is 16.9. The number of phenolic OH excluding ortho intramolecular Hbond substituents is 1. The predicted molar refractivity (Wildman–Crippen MR) is 158 cm³/mol. The number of aryl methyl sites for hydroxylation is 1. The van der Waals surface area contributed by atoms with Gasteiger partial charge in [0.1, 0.15) is 22.6 Å². The van der Waals surface area contributed by atoms with Crippen LogP contribution in [0.15, 0.2) is 42.5 Å². The summed E-state index contributed by atoms with van der Waals surface area (Å²) in [5, 5.41) is 16.7. The first-order valence-corrected chi connectivity index (χ1v) is 14.2. The zero-order valence-electron chi connectivity index (χ0n) is 22.6. The van der Waals surface area contributed by atoms with Crippen molar-refractivity contribution >= 4 is 50.1 Å². The number of aromatic hydroxyl groups is 1. The van der Waals surface area contributed by atoms with Gasteiger partial charge >= 0.3 is 0 Å². The summed E-state index contributed by atoms with van der Waals surface area (Å²) in [5.74, 6) is 1.75. The number of phenols is 1. The van der Waals surface area contributed by atoms with Crippen LogP contribution in [0.1, 0.15) is 18.3 Å². The fourth-order valence-electron chi connectivity index (χ4n) is 7.14. The van der Waals surface area contributed by atoms with E-state index in [2.05, 4.69) is 33.8 Å². The lowest BCUT2D eigenvalue weighted by Gasteiger charge is -2.43. The van der Waals surface area contributed by atoms with Gasteiger partial charge in [-0.3, -0.25) is 0 Å². The summed E-state index contributed by atoms with van der Waals surface area (Å²) in [7, 11) is 4.16. The van der Waals surface area contributed by atoms with Gasteiger partial charge in [0.2, 0.25) is 0 Å². The number of nitrogens with one attached hydrogen (secondary N) is 1. The molecular weight excluding hydrogens is 527 g/mol. The summed E-state index contributed by atoms with van der Waals surface area (Å²) in [6.45, 7) is 4.64. The Bertz CT molecular complexity index is 1850. The Hall–Kier alpha value is -3.46. The number of hydrogen-bond donors (Lipinski definition) is 2. The van der Waals surface area contributed by atoms with Gasteiger partial charge in [-0.1, -0.05) is 35.9 Å². The van der Waals surface area contributed by atoms with Gasteiger partial charge in [-0.15, -0.1) is 0 Å². The SMILES string of the molecule is Cc1nc2c(N3CC(N(C)C)C3)nc3c(F)c(-c4cc(O)cc5ccccc45)c(Cl)cc3c2n1[C@H]1[C@H]2CN[C@@H]1C2. The van der Waals surface area contributed by atoms with Crippen molar-refractivity contribution < 1.29 is 9.50 Å². The molecule has 5 aromatic rings. The molecule has 0 unspecified atom stereocenters. The zero-order chi connectivity index (χ0) is 27.4. The molecule has 2 aromatic heterocycles. The molecule has 9 rings (SSSR count). The lowest BCUT2D eigenvalue weighted by Crippen LogP contribution is -2.57. The molecule has 0 amide bonds. The van der Waals surface area contributed by atoms with Crippen LogP contribution < -0.4 is 10.2 Å². The van der Waals surface area contributed by atoms with Crippen LogP contribution in [0.5, 0.6) is 5.75 Å². The molecule has 9 heteroatoms. The normalized spacial score (nSPS) is 22.6. The second kappa shape index (κ2) is 8.52. The number of benzene rings is 3. The lowest BCUT2D eigenvalue weighted by atomic mass is 9.79. The predicted octanol–water partition coefficient (Wildman–Crippen LogP) is 5.49. The standard InChI is InChI=1S/C31H30ClFN6O/c1-15-35-28-30(39(15)29-17-9-24(29)34-12-17)22-11-23(32)25(21-10-19(40)8-16-6-4-5-7-20(16)21)26(33)27(22)36-31(28)38-13-18(14-38)37(2)3/h4-8,10-11,17-18,24,29,34,40H,9,12-14H2,1-3H3/t17-,24-,29+/m1/s1. The van der Waals surface area contributed by atoms with E-state index in [4.69, 9.17) is 21.6 Å². The monoisotopic (exact) mass is 556 g/mol. The molecule has 0 radical (unpaired) electrons. The number of imidazole rings is 1. The minimum absolute atomic E-state index is 0.0605. The highest BCUT2D eigenvalue weighted by molar-refractivity contribution is 6.35. The van der Waals surface area contributed by atoms with Gasteiger partial charge in [-0.05, 0) is 67.9 Å². The number of fused-ring (bicyclic) bond motifs is 5.